The van der Waals surface area contributed by atoms with Gasteiger partial charge in [-0.25, -0.2) is 0 Å². The summed E-state index contributed by atoms with van der Waals surface area (Å²) in [7, 11) is 0. The van der Waals surface area contributed by atoms with E-state index < -0.39 is 0 Å². The molecule has 1 aromatic carbocycles. The number of nitrogens with one attached hydrogen (secondary N) is 1. The molecule has 1 amide bonds. The summed E-state index contributed by atoms with van der Waals surface area (Å²) < 4.78 is 1.19. The molecule has 0 aliphatic rings. The minimum Gasteiger partial charge on any atom is -0.347 e. The molecule has 0 unspecified atom stereocenters. The number of rotatable bonds is 3. The second-order valence-electron chi connectivity index (χ2n) is 5.23. The average molecular weight is 291 g/mol. The van der Waals surface area contributed by atoms with Crippen LogP contribution >= 0.6 is 23.1 Å². The standard InChI is InChI=1S/C15H17NOS2/c1-15(2,3)16-14(17)11-7-4-5-8-12(11)19-13-9-6-10-18-13/h4-10H,1-3H3,(H,16,17). The van der Waals surface area contributed by atoms with Crippen LogP contribution in [-0.2, 0) is 0 Å². The second-order valence-corrected chi connectivity index (χ2v) is 7.52. The molecule has 2 aromatic rings. The van der Waals surface area contributed by atoms with Gasteiger partial charge in [0.2, 0.25) is 0 Å². The summed E-state index contributed by atoms with van der Waals surface area (Å²) in [5.41, 5.74) is 0.508. The molecule has 0 aliphatic heterocycles. The average Bonchev–Trinajstić information content (AvgIpc) is 2.80. The number of amides is 1. The minimum atomic E-state index is -0.224. The third kappa shape index (κ3) is 4.11. The molecule has 0 bridgehead atoms. The van der Waals surface area contributed by atoms with E-state index in [1.165, 1.54) is 4.21 Å². The summed E-state index contributed by atoms with van der Waals surface area (Å²) in [5, 5.41) is 5.05. The molecule has 0 saturated carbocycles. The van der Waals surface area contributed by atoms with Crippen molar-refractivity contribution in [1.29, 1.82) is 0 Å². The number of carbonyl (C=O) groups is 1. The van der Waals surface area contributed by atoms with Gasteiger partial charge in [0.1, 0.15) is 0 Å². The summed E-state index contributed by atoms with van der Waals surface area (Å²) in [5.74, 6) is -0.0212. The van der Waals surface area contributed by atoms with Gasteiger partial charge in [-0.05, 0) is 44.4 Å². The summed E-state index contributed by atoms with van der Waals surface area (Å²) in [4.78, 5) is 13.3. The van der Waals surface area contributed by atoms with Crippen LogP contribution in [0.5, 0.6) is 0 Å². The van der Waals surface area contributed by atoms with Gasteiger partial charge in [0.15, 0.2) is 0 Å². The van der Waals surface area contributed by atoms with Crippen molar-refractivity contribution in [2.24, 2.45) is 0 Å². The van der Waals surface area contributed by atoms with Crippen molar-refractivity contribution >= 4 is 29.0 Å². The fourth-order valence-electron chi connectivity index (χ4n) is 1.58. The van der Waals surface area contributed by atoms with Crippen LogP contribution in [0.15, 0.2) is 50.9 Å². The van der Waals surface area contributed by atoms with Crippen LogP contribution in [-0.4, -0.2) is 11.4 Å². The highest BCUT2D eigenvalue weighted by Gasteiger charge is 2.18. The van der Waals surface area contributed by atoms with Crippen LogP contribution in [0.4, 0.5) is 0 Å². The van der Waals surface area contributed by atoms with Crippen LogP contribution in [0, 0.1) is 0 Å². The molecule has 2 nitrogen and oxygen atoms in total. The first kappa shape index (κ1) is 14.2. The molecule has 100 valence electrons. The van der Waals surface area contributed by atoms with Crippen LogP contribution in [0.2, 0.25) is 0 Å². The first-order chi connectivity index (χ1) is 8.96. The number of hydrogen-bond acceptors (Lipinski definition) is 3. The van der Waals surface area contributed by atoms with Gasteiger partial charge in [0.25, 0.3) is 5.91 Å². The predicted molar refractivity (Wildman–Crippen MR) is 82.1 cm³/mol. The van der Waals surface area contributed by atoms with Crippen LogP contribution < -0.4 is 5.32 Å². The SMILES string of the molecule is CC(C)(C)NC(=O)c1ccccc1Sc1cccs1. The van der Waals surface area contributed by atoms with E-state index in [9.17, 15) is 4.79 Å². The Morgan fingerprint density at radius 2 is 1.89 bits per heavy atom. The van der Waals surface area contributed by atoms with Gasteiger partial charge in [-0.2, -0.15) is 0 Å². The lowest BCUT2D eigenvalue weighted by molar-refractivity contribution is 0.0916. The van der Waals surface area contributed by atoms with Crippen molar-refractivity contribution < 1.29 is 4.79 Å². The van der Waals surface area contributed by atoms with Gasteiger partial charge in [-0.15, -0.1) is 11.3 Å². The van der Waals surface area contributed by atoms with Gasteiger partial charge in [-0.1, -0.05) is 30.0 Å². The zero-order valence-electron chi connectivity index (χ0n) is 11.3. The Labute approximate surface area is 122 Å². The van der Waals surface area contributed by atoms with E-state index in [0.29, 0.717) is 0 Å². The lowest BCUT2D eigenvalue weighted by atomic mass is 10.1. The molecular weight excluding hydrogens is 274 g/mol. The zero-order valence-corrected chi connectivity index (χ0v) is 12.9. The topological polar surface area (TPSA) is 29.1 Å². The Balaban J connectivity index is 2.23. The lowest BCUT2D eigenvalue weighted by Gasteiger charge is -2.21. The van der Waals surface area contributed by atoms with Gasteiger partial charge >= 0.3 is 0 Å². The van der Waals surface area contributed by atoms with Crippen molar-refractivity contribution in [1.82, 2.24) is 5.32 Å². The lowest BCUT2D eigenvalue weighted by Crippen LogP contribution is -2.40. The van der Waals surface area contributed by atoms with Crippen molar-refractivity contribution in [2.75, 3.05) is 0 Å². The Morgan fingerprint density at radius 1 is 1.16 bits per heavy atom. The summed E-state index contributed by atoms with van der Waals surface area (Å²) in [6.45, 7) is 5.96. The van der Waals surface area contributed by atoms with Crippen LogP contribution in [0.1, 0.15) is 31.1 Å². The Kier molecular flexibility index (Phi) is 4.32. The molecule has 1 heterocycles. The summed E-state index contributed by atoms with van der Waals surface area (Å²) in [6, 6.07) is 11.8. The highest BCUT2D eigenvalue weighted by Crippen LogP contribution is 2.33. The number of hydrogen-bond donors (Lipinski definition) is 1. The maximum absolute atomic E-state index is 12.3. The molecule has 0 atom stereocenters. The monoisotopic (exact) mass is 291 g/mol. The number of carbonyl (C=O) groups excluding carboxylic acids is 1. The van der Waals surface area contributed by atoms with E-state index in [4.69, 9.17) is 0 Å². The van der Waals surface area contributed by atoms with Gasteiger partial charge < -0.3 is 5.32 Å². The zero-order chi connectivity index (χ0) is 13.9. The Bertz CT molecular complexity index is 556. The first-order valence-corrected chi connectivity index (χ1v) is 7.78. The quantitative estimate of drug-likeness (QED) is 0.906. The molecule has 1 aromatic heterocycles. The highest BCUT2D eigenvalue weighted by molar-refractivity contribution is 8.01. The molecular formula is C15H17NOS2. The summed E-state index contributed by atoms with van der Waals surface area (Å²) >= 11 is 3.32. The molecule has 0 saturated heterocycles. The van der Waals surface area contributed by atoms with Gasteiger partial charge in [0, 0.05) is 10.4 Å². The van der Waals surface area contributed by atoms with E-state index >= 15 is 0 Å². The summed E-state index contributed by atoms with van der Waals surface area (Å²) in [6.07, 6.45) is 0. The van der Waals surface area contributed by atoms with Crippen molar-refractivity contribution in [3.8, 4) is 0 Å². The van der Waals surface area contributed by atoms with Gasteiger partial charge in [0.05, 0.1) is 9.77 Å². The van der Waals surface area contributed by atoms with Crippen LogP contribution in [0.25, 0.3) is 0 Å². The number of benzene rings is 1. The highest BCUT2D eigenvalue weighted by atomic mass is 32.2. The predicted octanol–water partition coefficient (Wildman–Crippen LogP) is 4.43. The van der Waals surface area contributed by atoms with Crippen molar-refractivity contribution in [2.45, 2.75) is 35.4 Å². The second kappa shape index (κ2) is 5.80. The van der Waals surface area contributed by atoms with Gasteiger partial charge in [-0.3, -0.25) is 4.79 Å². The molecule has 0 fully saturated rings. The fraction of sp³-hybridized carbons (Fsp3) is 0.267. The maximum atomic E-state index is 12.3. The Hall–Kier alpha value is -1.26. The van der Waals surface area contributed by atoms with Crippen LogP contribution in [0.3, 0.4) is 0 Å². The number of thiophene rings is 1. The van der Waals surface area contributed by atoms with E-state index in [2.05, 4.69) is 11.4 Å². The van der Waals surface area contributed by atoms with Crippen molar-refractivity contribution in [3.05, 3.63) is 47.3 Å². The van der Waals surface area contributed by atoms with E-state index in [1.54, 1.807) is 23.1 Å². The largest absolute Gasteiger partial charge is 0.347 e. The third-order valence-corrected chi connectivity index (χ3v) is 4.44. The molecule has 1 N–H and O–H groups in total. The smallest absolute Gasteiger partial charge is 0.252 e. The maximum Gasteiger partial charge on any atom is 0.252 e. The molecule has 0 aliphatic carbocycles. The minimum absolute atomic E-state index is 0.0212. The molecule has 0 spiro atoms. The first-order valence-electron chi connectivity index (χ1n) is 6.08. The molecule has 4 heteroatoms. The van der Waals surface area contributed by atoms with Crippen molar-refractivity contribution in [3.63, 3.8) is 0 Å². The molecule has 2 rings (SSSR count). The van der Waals surface area contributed by atoms with E-state index in [-0.39, 0.29) is 11.4 Å². The Morgan fingerprint density at radius 3 is 2.53 bits per heavy atom. The molecule has 19 heavy (non-hydrogen) atoms. The molecule has 0 radical (unpaired) electrons. The normalized spacial score (nSPS) is 11.3. The fourth-order valence-corrected chi connectivity index (χ4v) is 3.44. The van der Waals surface area contributed by atoms with E-state index in [0.717, 1.165) is 10.5 Å². The van der Waals surface area contributed by atoms with E-state index in [1.807, 2.05) is 56.5 Å². The third-order valence-electron chi connectivity index (χ3n) is 2.33.